The molecule has 7 heteroatoms. The molecule has 1 heterocycles. The van der Waals surface area contributed by atoms with Gasteiger partial charge in [0.15, 0.2) is 0 Å². The Kier molecular flexibility index (Phi) is 3.69. The zero-order chi connectivity index (χ0) is 14.7. The van der Waals surface area contributed by atoms with E-state index in [1.54, 1.807) is 12.1 Å². The first-order valence-electron chi connectivity index (χ1n) is 5.92. The summed E-state index contributed by atoms with van der Waals surface area (Å²) in [6.45, 7) is 1.60. The molecule has 1 amide bonds. The highest BCUT2D eigenvalue weighted by Gasteiger charge is 2.07. The van der Waals surface area contributed by atoms with Crippen molar-refractivity contribution in [3.63, 3.8) is 0 Å². The number of amides is 1. The second-order valence-electron chi connectivity index (χ2n) is 4.37. The van der Waals surface area contributed by atoms with Gasteiger partial charge < -0.3 is 11.1 Å². The molecule has 104 valence electrons. The molecule has 0 fully saturated rings. The molecule has 2 rings (SSSR count). The molecule has 0 saturated heterocycles. The highest BCUT2D eigenvalue weighted by molar-refractivity contribution is 5.93. The van der Waals surface area contributed by atoms with E-state index in [1.807, 2.05) is 13.0 Å². The smallest absolute Gasteiger partial charge is 0.265 e. The highest BCUT2D eigenvalue weighted by Crippen LogP contribution is 2.19. The Bertz CT molecular complexity index is 761. The van der Waals surface area contributed by atoms with Crippen molar-refractivity contribution >= 4 is 17.3 Å². The summed E-state index contributed by atoms with van der Waals surface area (Å²) < 4.78 is 0.933. The van der Waals surface area contributed by atoms with Crippen LogP contribution in [0, 0.1) is 6.92 Å². The van der Waals surface area contributed by atoms with Crippen LogP contribution in [0.1, 0.15) is 5.56 Å². The first-order valence-corrected chi connectivity index (χ1v) is 5.92. The molecule has 0 atom stereocenters. The van der Waals surface area contributed by atoms with Crippen LogP contribution in [0.4, 0.5) is 11.4 Å². The van der Waals surface area contributed by atoms with Crippen LogP contribution in [0.2, 0.25) is 0 Å². The van der Waals surface area contributed by atoms with Gasteiger partial charge >= 0.3 is 0 Å². The van der Waals surface area contributed by atoms with Crippen molar-refractivity contribution in [2.24, 2.45) is 0 Å². The maximum Gasteiger partial charge on any atom is 0.265 e. The van der Waals surface area contributed by atoms with E-state index in [0.29, 0.717) is 11.4 Å². The van der Waals surface area contributed by atoms with E-state index in [1.165, 1.54) is 0 Å². The van der Waals surface area contributed by atoms with E-state index < -0.39 is 17.0 Å². The van der Waals surface area contributed by atoms with Gasteiger partial charge in [-0.2, -0.15) is 0 Å². The van der Waals surface area contributed by atoms with Crippen molar-refractivity contribution in [1.82, 2.24) is 9.78 Å². The number of nitrogens with one attached hydrogen (secondary N) is 2. The summed E-state index contributed by atoms with van der Waals surface area (Å²) in [7, 11) is 0. The fourth-order valence-corrected chi connectivity index (χ4v) is 1.71. The summed E-state index contributed by atoms with van der Waals surface area (Å²) in [5.41, 5.74) is 6.74. The Labute approximate surface area is 114 Å². The molecule has 0 aliphatic carbocycles. The highest BCUT2D eigenvalue weighted by atomic mass is 16.2. The van der Waals surface area contributed by atoms with E-state index in [2.05, 4.69) is 10.4 Å². The van der Waals surface area contributed by atoms with Gasteiger partial charge in [-0.05, 0) is 24.6 Å². The summed E-state index contributed by atoms with van der Waals surface area (Å²) >= 11 is 0. The molecule has 2 aromatic rings. The van der Waals surface area contributed by atoms with Crippen molar-refractivity contribution in [3.05, 3.63) is 56.6 Å². The molecule has 0 bridgehead atoms. The molecule has 20 heavy (non-hydrogen) atoms. The van der Waals surface area contributed by atoms with Crippen LogP contribution in [0.15, 0.2) is 39.9 Å². The number of nitrogens with zero attached hydrogens (tertiary/aromatic N) is 1. The van der Waals surface area contributed by atoms with Crippen molar-refractivity contribution in [2.45, 2.75) is 13.5 Å². The number of aromatic amines is 1. The average Bonchev–Trinajstić information content (AvgIpc) is 2.37. The number of carbonyl (C=O) groups is 1. The zero-order valence-electron chi connectivity index (χ0n) is 10.8. The number of rotatable bonds is 3. The molecule has 1 aromatic heterocycles. The summed E-state index contributed by atoms with van der Waals surface area (Å²) in [5.74, 6) is -0.454. The molecule has 0 unspecified atom stereocenters. The first kappa shape index (κ1) is 13.6. The standard InChI is InChI=1S/C13H14N4O3/c1-8-2-3-10(9(14)6-8)15-12(19)7-17-13(20)5-4-11(18)16-17/h2-6H,7,14H2,1H3,(H,15,19)(H,16,18). The predicted octanol–water partition coefficient (Wildman–Crippen LogP) is 0.0659. The maximum atomic E-state index is 11.8. The largest absolute Gasteiger partial charge is 0.397 e. The fourth-order valence-electron chi connectivity index (χ4n) is 1.71. The minimum absolute atomic E-state index is 0.289. The van der Waals surface area contributed by atoms with Crippen molar-refractivity contribution in [1.29, 1.82) is 0 Å². The van der Waals surface area contributed by atoms with Crippen LogP contribution in [0.25, 0.3) is 0 Å². The van der Waals surface area contributed by atoms with Gasteiger partial charge in [0.05, 0.1) is 11.4 Å². The summed E-state index contributed by atoms with van der Waals surface area (Å²) in [5, 5.41) is 4.86. The quantitative estimate of drug-likeness (QED) is 0.688. The number of nitrogen functional groups attached to an aromatic ring is 1. The van der Waals surface area contributed by atoms with Gasteiger partial charge in [0, 0.05) is 12.1 Å². The number of aromatic nitrogens is 2. The number of anilines is 2. The average molecular weight is 274 g/mol. The summed E-state index contributed by atoms with van der Waals surface area (Å²) in [6, 6.07) is 7.43. The number of nitrogens with two attached hydrogens (primary N) is 1. The Morgan fingerprint density at radius 2 is 2.05 bits per heavy atom. The van der Waals surface area contributed by atoms with Crippen LogP contribution in [-0.4, -0.2) is 15.7 Å². The SMILES string of the molecule is Cc1ccc(NC(=O)Cn2[nH]c(=O)ccc2=O)c(N)c1. The topological polar surface area (TPSA) is 110 Å². The predicted molar refractivity (Wildman–Crippen MR) is 75.5 cm³/mol. The van der Waals surface area contributed by atoms with Crippen LogP contribution < -0.4 is 22.2 Å². The van der Waals surface area contributed by atoms with Crippen molar-refractivity contribution in [2.75, 3.05) is 11.1 Å². The number of carbonyl (C=O) groups excluding carboxylic acids is 1. The van der Waals surface area contributed by atoms with Crippen LogP contribution in [0.3, 0.4) is 0 Å². The molecule has 4 N–H and O–H groups in total. The zero-order valence-corrected chi connectivity index (χ0v) is 10.8. The Hall–Kier alpha value is -2.83. The Balaban J connectivity index is 2.15. The number of benzene rings is 1. The van der Waals surface area contributed by atoms with E-state index in [4.69, 9.17) is 5.73 Å². The number of hydrogen-bond donors (Lipinski definition) is 3. The molecule has 0 radical (unpaired) electrons. The first-order chi connectivity index (χ1) is 9.45. The lowest BCUT2D eigenvalue weighted by Crippen LogP contribution is -2.32. The molecule has 1 aromatic carbocycles. The van der Waals surface area contributed by atoms with Gasteiger partial charge in [-0.15, -0.1) is 0 Å². The van der Waals surface area contributed by atoms with E-state index in [-0.39, 0.29) is 6.54 Å². The number of hydrogen-bond acceptors (Lipinski definition) is 4. The second kappa shape index (κ2) is 5.43. The fraction of sp³-hybridized carbons (Fsp3) is 0.154. The van der Waals surface area contributed by atoms with E-state index >= 15 is 0 Å². The molecule has 0 saturated carbocycles. The minimum atomic E-state index is -0.461. The molecule has 7 nitrogen and oxygen atoms in total. The molecule has 0 aliphatic rings. The Morgan fingerprint density at radius 1 is 1.30 bits per heavy atom. The normalized spacial score (nSPS) is 10.2. The monoisotopic (exact) mass is 274 g/mol. The van der Waals surface area contributed by atoms with Gasteiger partial charge in [0.2, 0.25) is 5.91 Å². The molecule has 0 aliphatic heterocycles. The lowest BCUT2D eigenvalue weighted by atomic mass is 10.2. The van der Waals surface area contributed by atoms with Crippen molar-refractivity contribution in [3.8, 4) is 0 Å². The van der Waals surface area contributed by atoms with Gasteiger partial charge in [0.25, 0.3) is 11.1 Å². The maximum absolute atomic E-state index is 11.8. The van der Waals surface area contributed by atoms with Gasteiger partial charge in [0.1, 0.15) is 6.54 Å². The van der Waals surface area contributed by atoms with Gasteiger partial charge in [-0.25, -0.2) is 4.68 Å². The van der Waals surface area contributed by atoms with Crippen molar-refractivity contribution < 1.29 is 4.79 Å². The third-order valence-corrected chi connectivity index (χ3v) is 2.67. The van der Waals surface area contributed by atoms with E-state index in [9.17, 15) is 14.4 Å². The third kappa shape index (κ3) is 3.14. The second-order valence-corrected chi connectivity index (χ2v) is 4.37. The molecular formula is C13H14N4O3. The lowest BCUT2D eigenvalue weighted by Gasteiger charge is -2.09. The van der Waals surface area contributed by atoms with Crippen LogP contribution in [-0.2, 0) is 11.3 Å². The number of H-pyrrole nitrogens is 1. The van der Waals surface area contributed by atoms with Crippen LogP contribution in [0.5, 0.6) is 0 Å². The van der Waals surface area contributed by atoms with Gasteiger partial charge in [-0.3, -0.25) is 19.5 Å². The molecule has 0 spiro atoms. The van der Waals surface area contributed by atoms with Crippen LogP contribution >= 0.6 is 0 Å². The van der Waals surface area contributed by atoms with Gasteiger partial charge in [-0.1, -0.05) is 6.07 Å². The van der Waals surface area contributed by atoms with E-state index in [0.717, 1.165) is 22.4 Å². The Morgan fingerprint density at radius 3 is 2.75 bits per heavy atom. The summed E-state index contributed by atoms with van der Waals surface area (Å²) in [6.07, 6.45) is 0. The summed E-state index contributed by atoms with van der Waals surface area (Å²) in [4.78, 5) is 34.4. The number of aryl methyl sites for hydroxylation is 1. The molecular weight excluding hydrogens is 260 g/mol. The minimum Gasteiger partial charge on any atom is -0.397 e. The lowest BCUT2D eigenvalue weighted by molar-refractivity contribution is -0.117. The third-order valence-electron chi connectivity index (χ3n) is 2.67.